The lowest BCUT2D eigenvalue weighted by Crippen LogP contribution is -2.63. The highest BCUT2D eigenvalue weighted by Gasteiger charge is 2.51. The Labute approximate surface area is 262 Å². The summed E-state index contributed by atoms with van der Waals surface area (Å²) in [4.78, 5) is 23.5. The Morgan fingerprint density at radius 1 is 1.16 bits per heavy atom. The molecular formula is C36H37F2N5O2. The van der Waals surface area contributed by atoms with Crippen molar-refractivity contribution < 1.29 is 18.3 Å². The summed E-state index contributed by atoms with van der Waals surface area (Å²) < 4.78 is 37.2. The van der Waals surface area contributed by atoms with Crippen LogP contribution in [-0.2, 0) is 17.6 Å². The van der Waals surface area contributed by atoms with Crippen molar-refractivity contribution in [1.29, 1.82) is 5.26 Å². The molecule has 1 amide bonds. The van der Waals surface area contributed by atoms with Gasteiger partial charge in [0.1, 0.15) is 30.2 Å². The summed E-state index contributed by atoms with van der Waals surface area (Å²) in [7, 11) is 0. The minimum absolute atomic E-state index is 0.000463. The second-order valence-corrected chi connectivity index (χ2v) is 13.4. The number of anilines is 1. The molecule has 3 aromatic rings. The second kappa shape index (κ2) is 10.8. The number of fused-ring (bicyclic) bond motifs is 4. The zero-order chi connectivity index (χ0) is 30.9. The molecule has 4 aliphatic heterocycles. The van der Waals surface area contributed by atoms with Crippen molar-refractivity contribution in [3.63, 3.8) is 0 Å². The van der Waals surface area contributed by atoms with Gasteiger partial charge in [0.25, 0.3) is 0 Å². The standard InChI is InChI=1S/C36H37F2N5O2/c1-2-33(44)42-14-11-31-32(42)20-43(31)34-27-15-29(38)26(25-10-5-8-22-7-3-4-9-24(22)25)16-30(27)40-35(28(34)18-39)45-21-36-12-6-13-41(36)19-23(37)17-36/h2,5,8,10,15-16,23,31-32H,1,3-4,6-7,9,11-14,17,19-21H2/t23-,31-,32-,36+/m1/s1. The number of alkyl halides is 1. The van der Waals surface area contributed by atoms with E-state index in [0.29, 0.717) is 48.2 Å². The highest BCUT2D eigenvalue weighted by Crippen LogP contribution is 2.46. The molecule has 0 radical (unpaired) electrons. The fourth-order valence-electron chi connectivity index (χ4n) is 8.91. The number of hydrogen-bond acceptors (Lipinski definition) is 6. The van der Waals surface area contributed by atoms with Gasteiger partial charge in [0, 0.05) is 37.0 Å². The summed E-state index contributed by atoms with van der Waals surface area (Å²) in [5.41, 5.74) is 4.86. The molecule has 4 atom stereocenters. The van der Waals surface area contributed by atoms with Gasteiger partial charge in [-0.3, -0.25) is 9.69 Å². The molecule has 2 aromatic carbocycles. The summed E-state index contributed by atoms with van der Waals surface area (Å²) in [5, 5.41) is 11.1. The van der Waals surface area contributed by atoms with Crippen molar-refractivity contribution in [2.75, 3.05) is 37.7 Å². The number of aromatic nitrogens is 1. The number of carbonyl (C=O) groups is 1. The molecule has 5 aliphatic rings. The first-order valence-electron chi connectivity index (χ1n) is 16.3. The van der Waals surface area contributed by atoms with E-state index in [2.05, 4.69) is 28.5 Å². The molecule has 4 saturated heterocycles. The van der Waals surface area contributed by atoms with Crippen molar-refractivity contribution in [3.05, 3.63) is 65.5 Å². The number of nitriles is 1. The zero-order valence-electron chi connectivity index (χ0n) is 25.4. The number of benzene rings is 2. The minimum Gasteiger partial charge on any atom is -0.475 e. The van der Waals surface area contributed by atoms with Gasteiger partial charge in [-0.05, 0) is 86.4 Å². The lowest BCUT2D eigenvalue weighted by atomic mass is 9.85. The number of rotatable bonds is 6. The van der Waals surface area contributed by atoms with Crippen LogP contribution >= 0.6 is 0 Å². The van der Waals surface area contributed by atoms with Crippen LogP contribution in [0.4, 0.5) is 14.5 Å². The molecule has 232 valence electrons. The molecule has 0 saturated carbocycles. The third-order valence-electron chi connectivity index (χ3n) is 11.1. The topological polar surface area (TPSA) is 72.7 Å². The summed E-state index contributed by atoms with van der Waals surface area (Å²) >= 11 is 0. The van der Waals surface area contributed by atoms with Gasteiger partial charge in [0.05, 0.1) is 28.8 Å². The van der Waals surface area contributed by atoms with E-state index in [1.807, 2.05) is 17.0 Å². The van der Waals surface area contributed by atoms with Gasteiger partial charge < -0.3 is 14.5 Å². The Morgan fingerprint density at radius 3 is 2.87 bits per heavy atom. The molecule has 0 bridgehead atoms. The summed E-state index contributed by atoms with van der Waals surface area (Å²) in [6.45, 7) is 6.27. The number of nitrogens with zero attached hydrogens (tertiary/aromatic N) is 5. The van der Waals surface area contributed by atoms with Crippen molar-refractivity contribution in [2.45, 2.75) is 75.2 Å². The van der Waals surface area contributed by atoms with E-state index < -0.39 is 11.7 Å². The van der Waals surface area contributed by atoms with Crippen LogP contribution in [0.3, 0.4) is 0 Å². The molecule has 5 heterocycles. The number of carbonyl (C=O) groups excluding carboxylic acids is 1. The molecule has 4 fully saturated rings. The number of amides is 1. The number of halogens is 2. The van der Waals surface area contributed by atoms with Crippen LogP contribution in [0, 0.1) is 17.1 Å². The van der Waals surface area contributed by atoms with Crippen LogP contribution in [0.2, 0.25) is 0 Å². The number of likely N-dealkylation sites (tertiary alicyclic amines) is 1. The number of hydrogen-bond donors (Lipinski definition) is 0. The van der Waals surface area contributed by atoms with Crippen LogP contribution in [0.5, 0.6) is 5.88 Å². The summed E-state index contributed by atoms with van der Waals surface area (Å²) in [6.07, 6.45) is 7.53. The van der Waals surface area contributed by atoms with E-state index in [-0.39, 0.29) is 41.9 Å². The maximum Gasteiger partial charge on any atom is 0.246 e. The van der Waals surface area contributed by atoms with Crippen molar-refractivity contribution in [3.8, 4) is 23.1 Å². The summed E-state index contributed by atoms with van der Waals surface area (Å²) in [5.74, 6) is -0.248. The number of aryl methyl sites for hydroxylation is 1. The van der Waals surface area contributed by atoms with Crippen molar-refractivity contribution >= 4 is 22.5 Å². The third-order valence-corrected chi connectivity index (χ3v) is 11.1. The molecule has 0 N–H and O–H groups in total. The number of pyridine rings is 1. The Balaban J connectivity index is 1.25. The molecule has 1 aliphatic carbocycles. The maximum atomic E-state index is 16.2. The molecule has 7 nitrogen and oxygen atoms in total. The predicted octanol–water partition coefficient (Wildman–Crippen LogP) is 5.72. The highest BCUT2D eigenvalue weighted by molar-refractivity contribution is 5.99. The van der Waals surface area contributed by atoms with E-state index in [1.54, 1.807) is 6.07 Å². The largest absolute Gasteiger partial charge is 0.475 e. The first kappa shape index (κ1) is 28.4. The summed E-state index contributed by atoms with van der Waals surface area (Å²) in [6, 6.07) is 11.8. The fraction of sp³-hybridized carbons (Fsp3) is 0.472. The molecule has 9 heteroatoms. The minimum atomic E-state index is -0.895. The van der Waals surface area contributed by atoms with Gasteiger partial charge in [-0.2, -0.15) is 5.26 Å². The van der Waals surface area contributed by atoms with Crippen molar-refractivity contribution in [2.24, 2.45) is 0 Å². The van der Waals surface area contributed by atoms with Gasteiger partial charge >= 0.3 is 0 Å². The predicted molar refractivity (Wildman–Crippen MR) is 168 cm³/mol. The van der Waals surface area contributed by atoms with Crippen LogP contribution in [0.1, 0.15) is 55.2 Å². The first-order chi connectivity index (χ1) is 21.9. The average molecular weight is 610 g/mol. The van der Waals surface area contributed by atoms with E-state index in [0.717, 1.165) is 57.1 Å². The lowest BCUT2D eigenvalue weighted by molar-refractivity contribution is -0.127. The lowest BCUT2D eigenvalue weighted by Gasteiger charge is -2.48. The number of ether oxygens (including phenoxy) is 1. The maximum absolute atomic E-state index is 16.2. The van der Waals surface area contributed by atoms with Gasteiger partial charge in [-0.25, -0.2) is 13.8 Å². The van der Waals surface area contributed by atoms with Crippen LogP contribution in [-0.4, -0.2) is 77.3 Å². The Bertz CT molecular complexity index is 1770. The zero-order valence-corrected chi connectivity index (χ0v) is 25.4. The Morgan fingerprint density at radius 2 is 2.02 bits per heavy atom. The first-order valence-corrected chi connectivity index (χ1v) is 16.3. The van der Waals surface area contributed by atoms with Gasteiger partial charge in [0.2, 0.25) is 11.8 Å². The molecule has 0 unspecified atom stereocenters. The van der Waals surface area contributed by atoms with E-state index in [9.17, 15) is 14.4 Å². The van der Waals surface area contributed by atoms with Crippen LogP contribution in [0.15, 0.2) is 43.0 Å². The monoisotopic (exact) mass is 609 g/mol. The Kier molecular flexibility index (Phi) is 6.83. The van der Waals surface area contributed by atoms with Gasteiger partial charge in [0.15, 0.2) is 0 Å². The third kappa shape index (κ3) is 4.44. The SMILES string of the molecule is C=CC(=O)N1CC[C@@H]2[C@H]1CN2c1c(C#N)c(OC[C@@]23CCCN2C[C@H](F)C3)nc2cc(-c3cccc4c3CCCC4)c(F)cc12. The fourth-order valence-corrected chi connectivity index (χ4v) is 8.91. The van der Waals surface area contributed by atoms with Gasteiger partial charge in [-0.1, -0.05) is 24.8 Å². The molecule has 8 rings (SSSR count). The van der Waals surface area contributed by atoms with Crippen molar-refractivity contribution in [1.82, 2.24) is 14.8 Å². The smallest absolute Gasteiger partial charge is 0.246 e. The normalized spacial score (nSPS) is 27.1. The van der Waals surface area contributed by atoms with E-state index in [1.165, 1.54) is 23.3 Å². The van der Waals surface area contributed by atoms with Crippen LogP contribution < -0.4 is 9.64 Å². The molecule has 0 spiro atoms. The van der Waals surface area contributed by atoms with Crippen LogP contribution in [0.25, 0.3) is 22.0 Å². The highest BCUT2D eigenvalue weighted by atomic mass is 19.1. The quantitative estimate of drug-likeness (QED) is 0.333. The molecular weight excluding hydrogens is 572 g/mol. The molecule has 45 heavy (non-hydrogen) atoms. The second-order valence-electron chi connectivity index (χ2n) is 13.4. The van der Waals surface area contributed by atoms with E-state index in [4.69, 9.17) is 9.72 Å². The van der Waals surface area contributed by atoms with Gasteiger partial charge in [-0.15, -0.1) is 0 Å². The average Bonchev–Trinajstić information content (AvgIpc) is 3.68. The van der Waals surface area contributed by atoms with E-state index >= 15 is 4.39 Å². The Hall–Kier alpha value is -4.03. The molecule has 1 aromatic heterocycles.